The molecule has 0 aliphatic heterocycles. The van der Waals surface area contributed by atoms with Gasteiger partial charge in [-0.25, -0.2) is 4.79 Å². The minimum atomic E-state index is -0.373. The van der Waals surface area contributed by atoms with Gasteiger partial charge in [0, 0.05) is 5.39 Å². The molecule has 0 saturated carbocycles. The third-order valence-corrected chi connectivity index (χ3v) is 2.45. The maximum absolute atomic E-state index is 11.1. The second-order valence-corrected chi connectivity index (χ2v) is 3.64. The lowest BCUT2D eigenvalue weighted by atomic mass is 10.2. The van der Waals surface area contributed by atoms with Gasteiger partial charge in [-0.2, -0.15) is 0 Å². The Morgan fingerprint density at radius 3 is 2.86 bits per heavy atom. The highest BCUT2D eigenvalue weighted by atomic mass is 79.9. The molecule has 1 aromatic carbocycles. The molecule has 0 atom stereocenters. The van der Waals surface area contributed by atoms with E-state index in [9.17, 15) is 4.79 Å². The zero-order chi connectivity index (χ0) is 10.1. The van der Waals surface area contributed by atoms with Crippen LogP contribution in [0.2, 0.25) is 0 Å². The van der Waals surface area contributed by atoms with Crippen LogP contribution in [0.3, 0.4) is 0 Å². The molecule has 2 aromatic rings. The van der Waals surface area contributed by atoms with Crippen LogP contribution in [0.5, 0.6) is 5.75 Å². The molecule has 0 aliphatic rings. The van der Waals surface area contributed by atoms with Crippen molar-refractivity contribution >= 4 is 26.9 Å². The van der Waals surface area contributed by atoms with Crippen LogP contribution in [-0.2, 0) is 0 Å². The lowest BCUT2D eigenvalue weighted by Gasteiger charge is -2.01. The van der Waals surface area contributed by atoms with E-state index in [0.29, 0.717) is 10.1 Å². The van der Waals surface area contributed by atoms with Crippen molar-refractivity contribution in [2.24, 2.45) is 0 Å². The van der Waals surface area contributed by atoms with Crippen molar-refractivity contribution in [3.63, 3.8) is 0 Å². The van der Waals surface area contributed by atoms with Crippen molar-refractivity contribution in [2.45, 2.75) is 0 Å². The highest BCUT2D eigenvalue weighted by Crippen LogP contribution is 2.21. The highest BCUT2D eigenvalue weighted by molar-refractivity contribution is 9.10. The van der Waals surface area contributed by atoms with Crippen molar-refractivity contribution in [1.82, 2.24) is 0 Å². The van der Waals surface area contributed by atoms with Crippen LogP contribution in [0.1, 0.15) is 0 Å². The summed E-state index contributed by atoms with van der Waals surface area (Å²) >= 11 is 3.12. The molecular formula is C10H7BrO3. The maximum atomic E-state index is 11.1. The molecule has 0 amide bonds. The number of hydrogen-bond acceptors (Lipinski definition) is 3. The van der Waals surface area contributed by atoms with Crippen molar-refractivity contribution in [2.75, 3.05) is 7.11 Å². The predicted molar refractivity (Wildman–Crippen MR) is 56.7 cm³/mol. The summed E-state index contributed by atoms with van der Waals surface area (Å²) in [6.07, 6.45) is 0. The van der Waals surface area contributed by atoms with E-state index in [2.05, 4.69) is 15.9 Å². The largest absolute Gasteiger partial charge is 0.497 e. The molecule has 0 N–H and O–H groups in total. The fraction of sp³-hybridized carbons (Fsp3) is 0.100. The van der Waals surface area contributed by atoms with Gasteiger partial charge in [-0.15, -0.1) is 0 Å². The monoisotopic (exact) mass is 254 g/mol. The Kier molecular flexibility index (Phi) is 2.29. The molecule has 0 unspecified atom stereocenters. The number of rotatable bonds is 1. The summed E-state index contributed by atoms with van der Waals surface area (Å²) in [4.78, 5) is 11.1. The Hall–Kier alpha value is -1.29. The van der Waals surface area contributed by atoms with E-state index in [-0.39, 0.29) is 5.63 Å². The maximum Gasteiger partial charge on any atom is 0.350 e. The van der Waals surface area contributed by atoms with Gasteiger partial charge in [0.05, 0.1) is 7.11 Å². The zero-order valence-electron chi connectivity index (χ0n) is 7.41. The number of methoxy groups -OCH3 is 1. The molecule has 0 radical (unpaired) electrons. The average Bonchev–Trinajstić information content (AvgIpc) is 2.19. The Balaban J connectivity index is 2.77. The summed E-state index contributed by atoms with van der Waals surface area (Å²) in [6.45, 7) is 0. The lowest BCUT2D eigenvalue weighted by Crippen LogP contribution is -1.98. The topological polar surface area (TPSA) is 39.4 Å². The standard InChI is InChI=1S/C10H7BrO3/c1-13-7-2-3-9-6(4-7)5-8(11)10(12)14-9/h2-5H,1H3. The smallest absolute Gasteiger partial charge is 0.350 e. The van der Waals surface area contributed by atoms with E-state index in [1.165, 1.54) is 0 Å². The summed E-state index contributed by atoms with van der Waals surface area (Å²) in [5, 5.41) is 0.829. The first kappa shape index (κ1) is 9.27. The van der Waals surface area contributed by atoms with Crippen LogP contribution in [-0.4, -0.2) is 7.11 Å². The minimum Gasteiger partial charge on any atom is -0.497 e. The van der Waals surface area contributed by atoms with E-state index in [4.69, 9.17) is 9.15 Å². The summed E-state index contributed by atoms with van der Waals surface area (Å²) in [5.74, 6) is 0.734. The van der Waals surface area contributed by atoms with Crippen molar-refractivity contribution < 1.29 is 9.15 Å². The molecule has 3 nitrogen and oxygen atoms in total. The van der Waals surface area contributed by atoms with Gasteiger partial charge >= 0.3 is 5.63 Å². The van der Waals surface area contributed by atoms with E-state index in [1.54, 1.807) is 25.3 Å². The van der Waals surface area contributed by atoms with Crippen LogP contribution in [0.25, 0.3) is 11.0 Å². The molecule has 1 heterocycles. The fourth-order valence-electron chi connectivity index (χ4n) is 1.20. The van der Waals surface area contributed by atoms with Crippen LogP contribution in [0.15, 0.2) is 37.9 Å². The first-order valence-electron chi connectivity index (χ1n) is 3.98. The lowest BCUT2D eigenvalue weighted by molar-refractivity contribution is 0.415. The van der Waals surface area contributed by atoms with Crippen molar-refractivity contribution in [1.29, 1.82) is 0 Å². The molecule has 72 valence electrons. The number of hydrogen-bond donors (Lipinski definition) is 0. The van der Waals surface area contributed by atoms with Gasteiger partial charge < -0.3 is 9.15 Å². The molecule has 0 saturated heterocycles. The van der Waals surface area contributed by atoms with Crippen LogP contribution in [0.4, 0.5) is 0 Å². The van der Waals surface area contributed by atoms with Gasteiger partial charge in [0.2, 0.25) is 0 Å². The van der Waals surface area contributed by atoms with Crippen LogP contribution < -0.4 is 10.4 Å². The summed E-state index contributed by atoms with van der Waals surface area (Å²) in [6, 6.07) is 6.98. The molecule has 0 fully saturated rings. The normalized spacial score (nSPS) is 10.4. The van der Waals surface area contributed by atoms with Gasteiger partial charge in [0.15, 0.2) is 0 Å². The first-order valence-corrected chi connectivity index (χ1v) is 4.77. The third kappa shape index (κ3) is 1.53. The Bertz CT molecular complexity index is 530. The van der Waals surface area contributed by atoms with Gasteiger partial charge in [0.1, 0.15) is 15.8 Å². The number of fused-ring (bicyclic) bond motifs is 1. The Labute approximate surface area is 88.4 Å². The summed E-state index contributed by atoms with van der Waals surface area (Å²) in [7, 11) is 1.59. The molecule has 0 bridgehead atoms. The number of halogens is 1. The van der Waals surface area contributed by atoms with Gasteiger partial charge in [-0.1, -0.05) is 0 Å². The highest BCUT2D eigenvalue weighted by Gasteiger charge is 2.02. The summed E-state index contributed by atoms with van der Waals surface area (Å²) < 4.78 is 10.5. The van der Waals surface area contributed by atoms with Crippen molar-refractivity contribution in [3.05, 3.63) is 39.2 Å². The van der Waals surface area contributed by atoms with Gasteiger partial charge in [0.25, 0.3) is 0 Å². The molecule has 0 spiro atoms. The van der Waals surface area contributed by atoms with Gasteiger partial charge in [-0.3, -0.25) is 0 Å². The second-order valence-electron chi connectivity index (χ2n) is 2.79. The third-order valence-electron chi connectivity index (χ3n) is 1.90. The predicted octanol–water partition coefficient (Wildman–Crippen LogP) is 2.56. The first-order chi connectivity index (χ1) is 6.70. The van der Waals surface area contributed by atoms with E-state index < -0.39 is 0 Å². The number of ether oxygens (including phenoxy) is 1. The van der Waals surface area contributed by atoms with E-state index in [0.717, 1.165) is 11.1 Å². The molecule has 14 heavy (non-hydrogen) atoms. The van der Waals surface area contributed by atoms with Crippen LogP contribution >= 0.6 is 15.9 Å². The molecule has 4 heteroatoms. The molecule has 2 rings (SSSR count). The second kappa shape index (κ2) is 3.46. The van der Waals surface area contributed by atoms with Crippen molar-refractivity contribution in [3.8, 4) is 5.75 Å². The Morgan fingerprint density at radius 1 is 1.36 bits per heavy atom. The summed E-state index contributed by atoms with van der Waals surface area (Å²) in [5.41, 5.74) is 0.182. The minimum absolute atomic E-state index is 0.373. The fourth-order valence-corrected chi connectivity index (χ4v) is 1.53. The SMILES string of the molecule is COc1ccc2oc(=O)c(Br)cc2c1. The van der Waals surface area contributed by atoms with Crippen LogP contribution in [0, 0.1) is 0 Å². The molecular weight excluding hydrogens is 248 g/mol. The average molecular weight is 255 g/mol. The molecule has 0 aliphatic carbocycles. The quantitative estimate of drug-likeness (QED) is 0.735. The number of benzene rings is 1. The zero-order valence-corrected chi connectivity index (χ0v) is 9.00. The Morgan fingerprint density at radius 2 is 2.14 bits per heavy atom. The van der Waals surface area contributed by atoms with E-state index in [1.807, 2.05) is 6.07 Å². The van der Waals surface area contributed by atoms with Gasteiger partial charge in [-0.05, 0) is 40.2 Å². The molecule has 1 aromatic heterocycles. The van der Waals surface area contributed by atoms with E-state index >= 15 is 0 Å².